The van der Waals surface area contributed by atoms with Gasteiger partial charge in [-0.1, -0.05) is 19.3 Å². The average Bonchev–Trinajstić information content (AvgIpc) is 3.03. The third-order valence-corrected chi connectivity index (χ3v) is 6.75. The molecule has 0 unspecified atom stereocenters. The standard InChI is InChI=1S/C19H24N2O5S/c1-11-12(2)27-16(15(11)17(24)26-3)20-13(22)10-21-14(23)9-19(18(21)25)7-5-4-6-8-19/h4-10H2,1-3H3,(H,20,22). The minimum absolute atomic E-state index is 0.198. The van der Waals surface area contributed by atoms with Gasteiger partial charge in [-0.15, -0.1) is 11.3 Å². The minimum atomic E-state index is -0.608. The molecule has 0 radical (unpaired) electrons. The number of esters is 1. The lowest BCUT2D eigenvalue weighted by molar-refractivity contribution is -0.144. The average molecular weight is 392 g/mol. The molecule has 1 aromatic heterocycles. The molecule has 2 aliphatic rings. The number of carbonyl (C=O) groups excluding carboxylic acids is 4. The van der Waals surface area contributed by atoms with E-state index < -0.39 is 17.3 Å². The first-order chi connectivity index (χ1) is 12.8. The molecule has 1 N–H and O–H groups in total. The van der Waals surface area contributed by atoms with Crippen LogP contribution in [0.2, 0.25) is 0 Å². The normalized spacial score (nSPS) is 18.9. The van der Waals surface area contributed by atoms with Crippen LogP contribution in [0.15, 0.2) is 0 Å². The van der Waals surface area contributed by atoms with Crippen molar-refractivity contribution < 1.29 is 23.9 Å². The summed E-state index contributed by atoms with van der Waals surface area (Å²) in [5, 5.41) is 3.06. The molecule has 7 nitrogen and oxygen atoms in total. The van der Waals surface area contributed by atoms with E-state index in [9.17, 15) is 19.2 Å². The summed E-state index contributed by atoms with van der Waals surface area (Å²) in [7, 11) is 1.28. The number of nitrogens with zero attached hydrogens (tertiary/aromatic N) is 1. The van der Waals surface area contributed by atoms with Gasteiger partial charge in [0.1, 0.15) is 11.5 Å². The molecule has 0 bridgehead atoms. The number of hydrogen-bond donors (Lipinski definition) is 1. The maximum absolute atomic E-state index is 12.8. The molecule has 2 fully saturated rings. The fraction of sp³-hybridized carbons (Fsp3) is 0.579. The van der Waals surface area contributed by atoms with Gasteiger partial charge in [-0.05, 0) is 32.3 Å². The van der Waals surface area contributed by atoms with Crippen molar-refractivity contribution in [3.05, 3.63) is 16.0 Å². The molecular formula is C19H24N2O5S. The summed E-state index contributed by atoms with van der Waals surface area (Å²) in [6, 6.07) is 0. The monoisotopic (exact) mass is 392 g/mol. The molecule has 3 rings (SSSR count). The van der Waals surface area contributed by atoms with E-state index in [-0.39, 0.29) is 24.8 Å². The lowest BCUT2D eigenvalue weighted by Gasteiger charge is -2.30. The van der Waals surface area contributed by atoms with Crippen molar-refractivity contribution in [1.82, 2.24) is 4.90 Å². The first kappa shape index (κ1) is 19.5. The second-order valence-corrected chi connectivity index (χ2v) is 8.55. The second-order valence-electron chi connectivity index (χ2n) is 7.33. The van der Waals surface area contributed by atoms with Gasteiger partial charge in [0.15, 0.2) is 0 Å². The summed E-state index contributed by atoms with van der Waals surface area (Å²) < 4.78 is 4.79. The number of aryl methyl sites for hydroxylation is 1. The van der Waals surface area contributed by atoms with Crippen molar-refractivity contribution >= 4 is 40.0 Å². The molecule has 1 aliphatic carbocycles. The molecule has 8 heteroatoms. The third kappa shape index (κ3) is 3.50. The molecule has 3 amide bonds. The van der Waals surface area contributed by atoms with Gasteiger partial charge >= 0.3 is 5.97 Å². The van der Waals surface area contributed by atoms with Gasteiger partial charge in [0.05, 0.1) is 18.1 Å². The van der Waals surface area contributed by atoms with E-state index in [2.05, 4.69) is 5.32 Å². The Kier molecular flexibility index (Phi) is 5.37. The van der Waals surface area contributed by atoms with Crippen molar-refractivity contribution in [3.63, 3.8) is 0 Å². The summed E-state index contributed by atoms with van der Waals surface area (Å²) in [6.07, 6.45) is 4.59. The van der Waals surface area contributed by atoms with Crippen LogP contribution in [-0.2, 0) is 19.1 Å². The van der Waals surface area contributed by atoms with Crippen LogP contribution in [0.4, 0.5) is 5.00 Å². The van der Waals surface area contributed by atoms with E-state index in [4.69, 9.17) is 4.74 Å². The summed E-state index contributed by atoms with van der Waals surface area (Å²) >= 11 is 1.27. The van der Waals surface area contributed by atoms with Crippen LogP contribution >= 0.6 is 11.3 Å². The smallest absolute Gasteiger partial charge is 0.341 e. The van der Waals surface area contributed by atoms with Crippen LogP contribution in [0.25, 0.3) is 0 Å². The number of methoxy groups -OCH3 is 1. The van der Waals surface area contributed by atoms with Crippen LogP contribution in [0.5, 0.6) is 0 Å². The summed E-state index contributed by atoms with van der Waals surface area (Å²) in [5.74, 6) is -1.53. The highest BCUT2D eigenvalue weighted by atomic mass is 32.1. The van der Waals surface area contributed by atoms with Gasteiger partial charge < -0.3 is 10.1 Å². The predicted octanol–water partition coefficient (Wildman–Crippen LogP) is 2.80. The van der Waals surface area contributed by atoms with Crippen LogP contribution in [0, 0.1) is 19.3 Å². The number of thiophene rings is 1. The predicted molar refractivity (Wildman–Crippen MR) is 101 cm³/mol. The molecule has 1 aromatic rings. The van der Waals surface area contributed by atoms with Crippen LogP contribution in [-0.4, -0.2) is 42.2 Å². The van der Waals surface area contributed by atoms with Gasteiger partial charge in [0.25, 0.3) is 0 Å². The third-order valence-electron chi connectivity index (χ3n) is 5.63. The van der Waals surface area contributed by atoms with Gasteiger partial charge in [0, 0.05) is 11.3 Å². The maximum atomic E-state index is 12.8. The van der Waals surface area contributed by atoms with Crippen molar-refractivity contribution in [2.24, 2.45) is 5.41 Å². The maximum Gasteiger partial charge on any atom is 0.341 e. The van der Waals surface area contributed by atoms with E-state index >= 15 is 0 Å². The van der Waals surface area contributed by atoms with E-state index in [1.165, 1.54) is 18.4 Å². The number of likely N-dealkylation sites (tertiary alicyclic amines) is 1. The Morgan fingerprint density at radius 1 is 1.19 bits per heavy atom. The Morgan fingerprint density at radius 3 is 2.48 bits per heavy atom. The number of rotatable bonds is 4. The zero-order valence-corrected chi connectivity index (χ0v) is 16.7. The zero-order chi connectivity index (χ0) is 19.8. The largest absolute Gasteiger partial charge is 0.465 e. The van der Waals surface area contributed by atoms with Crippen LogP contribution in [0.1, 0.15) is 59.3 Å². The van der Waals surface area contributed by atoms with Crippen molar-refractivity contribution in [2.45, 2.75) is 52.4 Å². The Bertz CT molecular complexity index is 807. The molecule has 146 valence electrons. The van der Waals surface area contributed by atoms with E-state index in [0.29, 0.717) is 23.4 Å². The zero-order valence-electron chi connectivity index (χ0n) is 15.8. The molecule has 1 aliphatic heterocycles. The van der Waals surface area contributed by atoms with E-state index in [0.717, 1.165) is 34.6 Å². The number of anilines is 1. The fourth-order valence-corrected chi connectivity index (χ4v) is 5.08. The SMILES string of the molecule is COC(=O)c1c(NC(=O)CN2C(=O)CC3(CCCCC3)C2=O)sc(C)c1C. The van der Waals surface area contributed by atoms with Crippen LogP contribution < -0.4 is 5.32 Å². The first-order valence-corrected chi connectivity index (χ1v) is 9.93. The molecule has 0 atom stereocenters. The van der Waals surface area contributed by atoms with Gasteiger partial charge in [-0.25, -0.2) is 4.79 Å². The molecule has 0 aromatic carbocycles. The number of imide groups is 1. The molecule has 1 spiro atoms. The van der Waals surface area contributed by atoms with Crippen molar-refractivity contribution in [1.29, 1.82) is 0 Å². The van der Waals surface area contributed by atoms with E-state index in [1.807, 2.05) is 6.92 Å². The highest BCUT2D eigenvalue weighted by molar-refractivity contribution is 7.16. The molecule has 2 heterocycles. The molecule has 1 saturated carbocycles. The van der Waals surface area contributed by atoms with Gasteiger partial charge in [0.2, 0.25) is 17.7 Å². The lowest BCUT2D eigenvalue weighted by atomic mass is 9.73. The molecule has 1 saturated heterocycles. The number of ether oxygens (including phenoxy) is 1. The summed E-state index contributed by atoms with van der Waals surface area (Å²) in [6.45, 7) is 3.31. The van der Waals surface area contributed by atoms with Gasteiger partial charge in [-0.3, -0.25) is 19.3 Å². The number of amides is 3. The van der Waals surface area contributed by atoms with Crippen molar-refractivity contribution in [2.75, 3.05) is 19.0 Å². The van der Waals surface area contributed by atoms with Crippen LogP contribution in [0.3, 0.4) is 0 Å². The summed E-state index contributed by atoms with van der Waals surface area (Å²) in [4.78, 5) is 51.7. The molecular weight excluding hydrogens is 368 g/mol. The Hall–Kier alpha value is -2.22. The Morgan fingerprint density at radius 2 is 1.85 bits per heavy atom. The Balaban J connectivity index is 1.73. The molecule has 27 heavy (non-hydrogen) atoms. The second kappa shape index (κ2) is 7.42. The number of hydrogen-bond acceptors (Lipinski definition) is 6. The van der Waals surface area contributed by atoms with Gasteiger partial charge in [-0.2, -0.15) is 0 Å². The quantitative estimate of drug-likeness (QED) is 0.628. The highest BCUT2D eigenvalue weighted by Crippen LogP contribution is 2.45. The number of carbonyl (C=O) groups is 4. The minimum Gasteiger partial charge on any atom is -0.465 e. The highest BCUT2D eigenvalue weighted by Gasteiger charge is 2.51. The lowest BCUT2D eigenvalue weighted by Crippen LogP contribution is -2.41. The number of nitrogens with one attached hydrogen (secondary N) is 1. The topological polar surface area (TPSA) is 92.8 Å². The van der Waals surface area contributed by atoms with E-state index in [1.54, 1.807) is 6.92 Å². The van der Waals surface area contributed by atoms with Crippen molar-refractivity contribution in [3.8, 4) is 0 Å². The summed E-state index contributed by atoms with van der Waals surface area (Å²) in [5.41, 5.74) is 0.455. The first-order valence-electron chi connectivity index (χ1n) is 9.12. The Labute approximate surface area is 162 Å². The fourth-order valence-electron chi connectivity index (χ4n) is 4.01.